The number of aliphatic hydroxyl groups is 1. The molecular weight excluding hydrogens is 384 g/mol. The number of hydrogen-bond donors (Lipinski definition) is 2. The van der Waals surface area contributed by atoms with Crippen LogP contribution in [0.15, 0.2) is 18.2 Å². The summed E-state index contributed by atoms with van der Waals surface area (Å²) in [5.41, 5.74) is 2.30. The Labute approximate surface area is 177 Å². The number of carbonyl (C=O) groups is 2. The Balaban J connectivity index is 1.52. The van der Waals surface area contributed by atoms with Gasteiger partial charge in [-0.15, -0.1) is 0 Å². The van der Waals surface area contributed by atoms with E-state index < -0.39 is 5.97 Å². The van der Waals surface area contributed by atoms with Gasteiger partial charge in [-0.1, -0.05) is 19.1 Å². The molecule has 6 nitrogen and oxygen atoms in total. The lowest BCUT2D eigenvalue weighted by Crippen LogP contribution is -2.30. The maximum Gasteiger partial charge on any atom is 0.341 e. The van der Waals surface area contributed by atoms with Gasteiger partial charge >= 0.3 is 11.9 Å². The third-order valence-corrected chi connectivity index (χ3v) is 7.15. The largest absolute Gasteiger partial charge is 0.482 e. The van der Waals surface area contributed by atoms with Crippen LogP contribution >= 0.6 is 0 Å². The van der Waals surface area contributed by atoms with Crippen LogP contribution in [0.3, 0.4) is 0 Å². The van der Waals surface area contributed by atoms with Crippen molar-refractivity contribution in [1.82, 2.24) is 0 Å². The highest BCUT2D eigenvalue weighted by Gasteiger charge is 2.48. The number of rotatable bonds is 9. The second-order valence-electron chi connectivity index (χ2n) is 9.20. The normalized spacial score (nSPS) is 28.3. The zero-order valence-corrected chi connectivity index (χ0v) is 17.6. The Bertz CT molecular complexity index is 786. The first-order chi connectivity index (χ1) is 14.5. The van der Waals surface area contributed by atoms with Crippen molar-refractivity contribution in [2.24, 2.45) is 23.7 Å². The van der Waals surface area contributed by atoms with Crippen LogP contribution in [0.5, 0.6) is 5.75 Å². The molecule has 0 spiro atoms. The molecule has 30 heavy (non-hydrogen) atoms. The van der Waals surface area contributed by atoms with Crippen LogP contribution in [0.25, 0.3) is 0 Å². The van der Waals surface area contributed by atoms with Gasteiger partial charge in [-0.2, -0.15) is 0 Å². The zero-order chi connectivity index (χ0) is 21.3. The lowest BCUT2D eigenvalue weighted by Gasteiger charge is -2.32. The summed E-state index contributed by atoms with van der Waals surface area (Å²) >= 11 is 0. The number of esters is 1. The van der Waals surface area contributed by atoms with E-state index in [2.05, 4.69) is 6.07 Å². The fourth-order valence-electron chi connectivity index (χ4n) is 5.34. The van der Waals surface area contributed by atoms with Gasteiger partial charge in [0.05, 0.1) is 12.0 Å². The fraction of sp³-hybridized carbons (Fsp3) is 0.667. The average Bonchev–Trinajstić information content (AvgIpc) is 3.52. The molecule has 0 aromatic heterocycles. The van der Waals surface area contributed by atoms with Crippen molar-refractivity contribution in [2.45, 2.75) is 70.5 Å². The molecule has 1 aromatic rings. The standard InChI is InChI=1S/C24H32O6/c1-2-17(25)8-9-18-19-10-15-4-3-5-21(29-13-23(26)27)20(15)11-16(19)12-22(18)30-24(28)14-6-7-14/h3-5,14,16-19,22,25H,2,6-13H2,1H3,(H,26,27)/t16-,17-,18+,19-,22+/m0/s1. The van der Waals surface area contributed by atoms with Crippen molar-refractivity contribution in [3.8, 4) is 5.75 Å². The van der Waals surface area contributed by atoms with Crippen molar-refractivity contribution < 1.29 is 29.3 Å². The monoisotopic (exact) mass is 416 g/mol. The number of carbonyl (C=O) groups excluding carboxylic acids is 1. The van der Waals surface area contributed by atoms with Gasteiger partial charge in [-0.05, 0) is 86.3 Å². The van der Waals surface area contributed by atoms with E-state index in [9.17, 15) is 14.7 Å². The Hall–Kier alpha value is -2.08. The molecule has 0 aliphatic heterocycles. The van der Waals surface area contributed by atoms with E-state index in [1.165, 1.54) is 5.56 Å². The number of fused-ring (bicyclic) bond motifs is 2. The molecule has 4 rings (SSSR count). The predicted molar refractivity (Wildman–Crippen MR) is 110 cm³/mol. The highest BCUT2D eigenvalue weighted by atomic mass is 16.5. The summed E-state index contributed by atoms with van der Waals surface area (Å²) in [6.45, 7) is 1.64. The second kappa shape index (κ2) is 8.96. The van der Waals surface area contributed by atoms with Crippen molar-refractivity contribution in [3.63, 3.8) is 0 Å². The summed E-state index contributed by atoms with van der Waals surface area (Å²) in [6, 6.07) is 5.86. The predicted octanol–water partition coefficient (Wildman–Crippen LogP) is 3.37. The number of benzene rings is 1. The molecule has 6 heteroatoms. The van der Waals surface area contributed by atoms with E-state index in [1.807, 2.05) is 19.1 Å². The number of aliphatic carboxylic acids is 1. The van der Waals surface area contributed by atoms with Gasteiger partial charge in [0.25, 0.3) is 0 Å². The molecule has 3 aliphatic rings. The lowest BCUT2D eigenvalue weighted by molar-refractivity contribution is -0.153. The van der Waals surface area contributed by atoms with Crippen LogP contribution in [0.1, 0.15) is 56.6 Å². The fourth-order valence-corrected chi connectivity index (χ4v) is 5.34. The first-order valence-corrected chi connectivity index (χ1v) is 11.3. The molecule has 0 radical (unpaired) electrons. The molecule has 2 N–H and O–H groups in total. The third-order valence-electron chi connectivity index (χ3n) is 7.15. The third kappa shape index (κ3) is 4.64. The Morgan fingerprint density at radius 1 is 1.23 bits per heavy atom. The van der Waals surface area contributed by atoms with Crippen molar-refractivity contribution in [3.05, 3.63) is 29.3 Å². The second-order valence-corrected chi connectivity index (χ2v) is 9.20. The molecule has 164 valence electrons. The molecular formula is C24H32O6. The summed E-state index contributed by atoms with van der Waals surface area (Å²) in [7, 11) is 0. The van der Waals surface area contributed by atoms with E-state index in [0.717, 1.165) is 56.9 Å². The molecule has 0 unspecified atom stereocenters. The van der Waals surface area contributed by atoms with Gasteiger partial charge in [-0.25, -0.2) is 4.79 Å². The zero-order valence-electron chi connectivity index (χ0n) is 17.6. The van der Waals surface area contributed by atoms with Gasteiger partial charge in [0.2, 0.25) is 0 Å². The van der Waals surface area contributed by atoms with E-state index >= 15 is 0 Å². The SMILES string of the molecule is CC[C@H](O)CC[C@@H]1[C@H]2Cc3cccc(OCC(=O)O)c3C[C@H]2C[C@H]1OC(=O)C1CC1. The van der Waals surface area contributed by atoms with Gasteiger partial charge in [0.1, 0.15) is 11.9 Å². The Morgan fingerprint density at radius 3 is 2.73 bits per heavy atom. The average molecular weight is 417 g/mol. The maximum atomic E-state index is 12.4. The Kier molecular flexibility index (Phi) is 6.32. The molecule has 0 bridgehead atoms. The summed E-state index contributed by atoms with van der Waals surface area (Å²) in [4.78, 5) is 23.3. The highest BCUT2D eigenvalue weighted by Crippen LogP contribution is 2.50. The van der Waals surface area contributed by atoms with Crippen LogP contribution in [-0.2, 0) is 27.2 Å². The summed E-state index contributed by atoms with van der Waals surface area (Å²) < 4.78 is 11.5. The number of carboxylic acid groups (broad SMARTS) is 1. The molecule has 0 saturated heterocycles. The summed E-state index contributed by atoms with van der Waals surface area (Å²) in [5, 5.41) is 19.1. The first-order valence-electron chi connectivity index (χ1n) is 11.3. The number of carboxylic acids is 1. The van der Waals surface area contributed by atoms with Crippen LogP contribution in [0, 0.1) is 23.7 Å². The summed E-state index contributed by atoms with van der Waals surface area (Å²) in [6.07, 6.45) is 6.35. The highest BCUT2D eigenvalue weighted by molar-refractivity contribution is 5.75. The van der Waals surface area contributed by atoms with Crippen LogP contribution in [-0.4, -0.2) is 41.0 Å². The summed E-state index contributed by atoms with van der Waals surface area (Å²) in [5.74, 6) is 0.760. The van der Waals surface area contributed by atoms with Gasteiger partial charge < -0.3 is 19.7 Å². The van der Waals surface area contributed by atoms with Crippen molar-refractivity contribution in [1.29, 1.82) is 0 Å². The minimum Gasteiger partial charge on any atom is -0.482 e. The lowest BCUT2D eigenvalue weighted by atomic mass is 9.73. The van der Waals surface area contributed by atoms with Gasteiger partial charge in [0.15, 0.2) is 6.61 Å². The van der Waals surface area contributed by atoms with Crippen molar-refractivity contribution >= 4 is 11.9 Å². The van der Waals surface area contributed by atoms with Crippen LogP contribution in [0.4, 0.5) is 0 Å². The van der Waals surface area contributed by atoms with Crippen LogP contribution < -0.4 is 4.74 Å². The quantitative estimate of drug-likeness (QED) is 0.600. The number of hydrogen-bond acceptors (Lipinski definition) is 5. The smallest absolute Gasteiger partial charge is 0.341 e. The molecule has 1 aromatic carbocycles. The van der Waals surface area contributed by atoms with Gasteiger partial charge in [-0.3, -0.25) is 4.79 Å². The van der Waals surface area contributed by atoms with E-state index in [1.54, 1.807) is 0 Å². The van der Waals surface area contributed by atoms with Gasteiger partial charge in [0, 0.05) is 0 Å². The molecule has 5 atom stereocenters. The minimum absolute atomic E-state index is 0.0531. The topological polar surface area (TPSA) is 93.1 Å². The van der Waals surface area contributed by atoms with E-state index in [4.69, 9.17) is 14.6 Å². The molecule has 3 aliphatic carbocycles. The van der Waals surface area contributed by atoms with Crippen molar-refractivity contribution in [2.75, 3.05) is 6.61 Å². The maximum absolute atomic E-state index is 12.4. The first kappa shape index (κ1) is 21.2. The molecule has 2 saturated carbocycles. The minimum atomic E-state index is -0.983. The molecule has 2 fully saturated rings. The van der Waals surface area contributed by atoms with E-state index in [0.29, 0.717) is 17.6 Å². The molecule has 0 heterocycles. The Morgan fingerprint density at radius 2 is 2.03 bits per heavy atom. The number of ether oxygens (including phenoxy) is 2. The van der Waals surface area contributed by atoms with E-state index in [-0.39, 0.29) is 36.6 Å². The number of aliphatic hydroxyl groups excluding tert-OH is 1. The van der Waals surface area contributed by atoms with Crippen LogP contribution in [0.2, 0.25) is 0 Å². The molecule has 0 amide bonds.